The van der Waals surface area contributed by atoms with Gasteiger partial charge >= 0.3 is 6.18 Å². The Hall–Kier alpha value is -2.50. The fraction of sp³-hybridized carbons (Fsp3) is 0.417. The molecule has 1 N–H and O–H groups in total. The lowest BCUT2D eigenvalue weighted by Gasteiger charge is -2.32. The number of nitrogens with one attached hydrogen (secondary N) is 1. The van der Waals surface area contributed by atoms with Gasteiger partial charge in [-0.2, -0.15) is 13.2 Å². The first kappa shape index (κ1) is 30.7. The van der Waals surface area contributed by atoms with E-state index in [1.165, 1.54) is 11.8 Å². The molecule has 0 aromatic heterocycles. The van der Waals surface area contributed by atoms with Gasteiger partial charge in [0.25, 0.3) is 0 Å². The van der Waals surface area contributed by atoms with Gasteiger partial charge in [-0.25, -0.2) is 8.42 Å². The Bertz CT molecular complexity index is 1220. The van der Waals surface area contributed by atoms with Gasteiger partial charge in [-0.1, -0.05) is 42.3 Å². The Kier molecular flexibility index (Phi) is 10.3. The van der Waals surface area contributed by atoms with Crippen LogP contribution in [0.25, 0.3) is 0 Å². The van der Waals surface area contributed by atoms with Gasteiger partial charge in [-0.15, -0.1) is 0 Å². The van der Waals surface area contributed by atoms with E-state index in [-0.39, 0.29) is 12.6 Å². The van der Waals surface area contributed by atoms with Gasteiger partial charge in [0, 0.05) is 17.6 Å². The molecule has 2 aromatic rings. The molecule has 7 nitrogen and oxygen atoms in total. The zero-order valence-corrected chi connectivity index (χ0v) is 23.0. The molecule has 0 spiro atoms. The fourth-order valence-corrected chi connectivity index (χ4v) is 4.53. The largest absolute Gasteiger partial charge is 0.417 e. The van der Waals surface area contributed by atoms with Gasteiger partial charge in [-0.3, -0.25) is 13.9 Å². The maximum atomic E-state index is 13.5. The smallest absolute Gasteiger partial charge is 0.352 e. The number of nitrogens with zero attached hydrogens (tertiary/aromatic N) is 2. The summed E-state index contributed by atoms with van der Waals surface area (Å²) in [5.41, 5.74) is -1.03. The summed E-state index contributed by atoms with van der Waals surface area (Å²) in [5.74, 6) is -1.26. The Morgan fingerprint density at radius 3 is 2.16 bits per heavy atom. The Morgan fingerprint density at radius 2 is 1.65 bits per heavy atom. The van der Waals surface area contributed by atoms with Crippen LogP contribution in [0, 0.1) is 0 Å². The van der Waals surface area contributed by atoms with Crippen LogP contribution < -0.4 is 9.62 Å². The molecule has 2 aromatic carbocycles. The van der Waals surface area contributed by atoms with E-state index >= 15 is 0 Å². The van der Waals surface area contributed by atoms with Crippen molar-refractivity contribution in [3.63, 3.8) is 0 Å². The van der Waals surface area contributed by atoms with Gasteiger partial charge in [0.15, 0.2) is 0 Å². The van der Waals surface area contributed by atoms with Crippen molar-refractivity contribution in [3.05, 3.63) is 63.6 Å². The number of rotatable bonds is 10. The van der Waals surface area contributed by atoms with Crippen LogP contribution >= 0.6 is 23.2 Å². The van der Waals surface area contributed by atoms with E-state index in [4.69, 9.17) is 23.2 Å². The highest BCUT2D eigenvalue weighted by Gasteiger charge is 2.35. The number of benzene rings is 2. The molecule has 0 fully saturated rings. The molecule has 0 heterocycles. The van der Waals surface area contributed by atoms with E-state index in [1.807, 2.05) is 6.92 Å². The van der Waals surface area contributed by atoms with Crippen LogP contribution in [-0.2, 0) is 32.3 Å². The minimum Gasteiger partial charge on any atom is -0.352 e. The van der Waals surface area contributed by atoms with E-state index < -0.39 is 56.9 Å². The first-order valence-corrected chi connectivity index (χ1v) is 13.8. The monoisotopic (exact) mass is 581 g/mol. The second-order valence-electron chi connectivity index (χ2n) is 8.57. The van der Waals surface area contributed by atoms with Crippen molar-refractivity contribution >= 4 is 50.7 Å². The molecule has 0 radical (unpaired) electrons. The third-order valence-corrected chi connectivity index (χ3v) is 7.38. The van der Waals surface area contributed by atoms with Gasteiger partial charge in [0.2, 0.25) is 21.8 Å². The van der Waals surface area contributed by atoms with Crippen molar-refractivity contribution in [1.29, 1.82) is 0 Å². The van der Waals surface area contributed by atoms with Gasteiger partial charge < -0.3 is 10.2 Å². The van der Waals surface area contributed by atoms with Crippen molar-refractivity contribution < 1.29 is 31.2 Å². The summed E-state index contributed by atoms with van der Waals surface area (Å²) < 4.78 is 65.9. The van der Waals surface area contributed by atoms with Crippen LogP contribution in [0.15, 0.2) is 42.5 Å². The van der Waals surface area contributed by atoms with E-state index in [2.05, 4.69) is 5.32 Å². The molecule has 0 aliphatic heterocycles. The van der Waals surface area contributed by atoms with E-state index in [9.17, 15) is 31.2 Å². The summed E-state index contributed by atoms with van der Waals surface area (Å²) in [6.45, 7) is 4.24. The molecular weight excluding hydrogens is 554 g/mol. The maximum absolute atomic E-state index is 13.5. The lowest BCUT2D eigenvalue weighted by atomic mass is 10.1. The first-order chi connectivity index (χ1) is 17.0. The second kappa shape index (κ2) is 12.4. The zero-order chi connectivity index (χ0) is 28.1. The van der Waals surface area contributed by atoms with Gasteiger partial charge in [0.1, 0.15) is 12.6 Å². The molecule has 0 saturated carbocycles. The van der Waals surface area contributed by atoms with Crippen molar-refractivity contribution in [2.45, 2.75) is 52.0 Å². The Labute approximate surface area is 224 Å². The molecule has 0 bridgehead atoms. The summed E-state index contributed by atoms with van der Waals surface area (Å²) >= 11 is 11.6. The Balaban J connectivity index is 2.47. The van der Waals surface area contributed by atoms with Crippen LogP contribution in [0.3, 0.4) is 0 Å². The molecule has 13 heteroatoms. The number of hydrogen-bond donors (Lipinski definition) is 1. The van der Waals surface area contributed by atoms with E-state index in [0.717, 1.165) is 18.4 Å². The fourth-order valence-electron chi connectivity index (χ4n) is 3.33. The molecule has 37 heavy (non-hydrogen) atoms. The molecular formula is C24H28Cl2F3N3O4S. The van der Waals surface area contributed by atoms with E-state index in [0.29, 0.717) is 27.4 Å². The normalized spacial score (nSPS) is 13.5. The number of amides is 2. The average molecular weight is 582 g/mol. The van der Waals surface area contributed by atoms with Crippen LogP contribution in [-0.4, -0.2) is 50.0 Å². The van der Waals surface area contributed by atoms with Gasteiger partial charge in [-0.05, 0) is 56.2 Å². The highest BCUT2D eigenvalue weighted by molar-refractivity contribution is 7.92. The molecule has 204 valence electrons. The third kappa shape index (κ3) is 8.51. The predicted molar refractivity (Wildman–Crippen MR) is 138 cm³/mol. The Morgan fingerprint density at radius 1 is 1.05 bits per heavy atom. The molecule has 0 saturated heterocycles. The van der Waals surface area contributed by atoms with Crippen molar-refractivity contribution in [3.8, 4) is 0 Å². The quantitative estimate of drug-likeness (QED) is 0.422. The molecule has 2 rings (SSSR count). The number of alkyl halides is 3. The number of sulfonamides is 1. The van der Waals surface area contributed by atoms with Crippen LogP contribution in [0.2, 0.25) is 10.0 Å². The summed E-state index contributed by atoms with van der Waals surface area (Å²) in [4.78, 5) is 27.5. The zero-order valence-electron chi connectivity index (χ0n) is 20.6. The standard InChI is InChI=1S/C24H28Cl2F3N3O4S/c1-5-15(2)30-23(34)16(3)31(13-17-6-8-18(25)9-7-17)22(33)14-32(37(4,35)36)19-10-11-21(26)20(12-19)24(27,28)29/h6-12,15-16H,5,13-14H2,1-4H3,(H,30,34)/t15-,16-/m1/s1. The number of carbonyl (C=O) groups is 2. The number of hydrogen-bond acceptors (Lipinski definition) is 4. The molecule has 2 atom stereocenters. The average Bonchev–Trinajstić information content (AvgIpc) is 2.80. The van der Waals surface area contributed by atoms with Gasteiger partial charge in [0.05, 0.1) is 22.5 Å². The lowest BCUT2D eigenvalue weighted by Crippen LogP contribution is -2.52. The highest BCUT2D eigenvalue weighted by Crippen LogP contribution is 2.37. The summed E-state index contributed by atoms with van der Waals surface area (Å²) in [7, 11) is -4.21. The lowest BCUT2D eigenvalue weighted by molar-refractivity contribution is -0.139. The van der Waals surface area contributed by atoms with E-state index in [1.54, 1.807) is 31.2 Å². The number of halogens is 5. The van der Waals surface area contributed by atoms with Crippen LogP contribution in [0.1, 0.15) is 38.3 Å². The summed E-state index contributed by atoms with van der Waals surface area (Å²) in [6.07, 6.45) is -3.43. The molecule has 0 aliphatic carbocycles. The van der Waals surface area contributed by atoms with Crippen molar-refractivity contribution in [1.82, 2.24) is 10.2 Å². The number of carbonyl (C=O) groups excluding carboxylic acids is 2. The van der Waals surface area contributed by atoms with Crippen molar-refractivity contribution in [2.24, 2.45) is 0 Å². The molecule has 0 aliphatic rings. The third-order valence-electron chi connectivity index (χ3n) is 5.66. The number of anilines is 1. The minimum atomic E-state index is -4.84. The van der Waals surface area contributed by atoms with Crippen LogP contribution in [0.5, 0.6) is 0 Å². The topological polar surface area (TPSA) is 86.8 Å². The van der Waals surface area contributed by atoms with Crippen molar-refractivity contribution in [2.75, 3.05) is 17.1 Å². The molecule has 2 amide bonds. The maximum Gasteiger partial charge on any atom is 0.417 e. The van der Waals surface area contributed by atoms with Crippen LogP contribution in [0.4, 0.5) is 18.9 Å². The highest BCUT2D eigenvalue weighted by atomic mass is 35.5. The molecule has 0 unspecified atom stereocenters. The first-order valence-electron chi connectivity index (χ1n) is 11.2. The summed E-state index contributed by atoms with van der Waals surface area (Å²) in [5, 5.41) is 2.62. The second-order valence-corrected chi connectivity index (χ2v) is 11.3. The summed E-state index contributed by atoms with van der Waals surface area (Å²) in [6, 6.07) is 7.84. The SMILES string of the molecule is CC[C@@H](C)NC(=O)[C@@H](C)N(Cc1ccc(Cl)cc1)C(=O)CN(c1ccc(Cl)c(C(F)(F)F)c1)S(C)(=O)=O. The minimum absolute atomic E-state index is 0.0723. The predicted octanol–water partition coefficient (Wildman–Crippen LogP) is 5.11.